The van der Waals surface area contributed by atoms with E-state index in [1.54, 1.807) is 54.5 Å². The van der Waals surface area contributed by atoms with Crippen LogP contribution in [0.15, 0.2) is 63.5 Å². The van der Waals surface area contributed by atoms with E-state index < -0.39 is 11.2 Å². The van der Waals surface area contributed by atoms with Crippen molar-refractivity contribution < 1.29 is 0 Å². The summed E-state index contributed by atoms with van der Waals surface area (Å²) < 4.78 is 2.95. The molecule has 0 saturated carbocycles. The minimum absolute atomic E-state index is 0.259. The highest BCUT2D eigenvalue weighted by molar-refractivity contribution is 6.30. The largest absolute Gasteiger partial charge is 0.329 e. The second-order valence-electron chi connectivity index (χ2n) is 6.29. The molecule has 0 unspecified atom stereocenters. The van der Waals surface area contributed by atoms with Crippen LogP contribution in [0.2, 0.25) is 5.02 Å². The number of aromatic nitrogens is 5. The van der Waals surface area contributed by atoms with Crippen LogP contribution in [0.25, 0.3) is 11.2 Å². The first-order valence-corrected chi connectivity index (χ1v) is 9.04. The van der Waals surface area contributed by atoms with Crippen molar-refractivity contribution in [2.24, 2.45) is 12.1 Å². The van der Waals surface area contributed by atoms with E-state index in [4.69, 9.17) is 11.6 Å². The van der Waals surface area contributed by atoms with Gasteiger partial charge < -0.3 is 0 Å². The summed E-state index contributed by atoms with van der Waals surface area (Å²) in [7, 11) is 1.55. The SMILES string of the molecule is Cn1c(=O)[nH]c(=O)c2c1nc(NN=Cc1ccncc1)n2Cc1ccc(Cl)cc1. The fourth-order valence-corrected chi connectivity index (χ4v) is 2.99. The molecular weight excluding hydrogens is 394 g/mol. The van der Waals surface area contributed by atoms with Crippen LogP contribution in [0, 0.1) is 0 Å². The van der Waals surface area contributed by atoms with Gasteiger partial charge in [-0.15, -0.1) is 0 Å². The molecule has 0 aliphatic heterocycles. The molecule has 10 heteroatoms. The fourth-order valence-electron chi connectivity index (χ4n) is 2.86. The highest BCUT2D eigenvalue weighted by atomic mass is 35.5. The Kier molecular flexibility index (Phi) is 4.96. The lowest BCUT2D eigenvalue weighted by Crippen LogP contribution is -2.29. The zero-order valence-electron chi connectivity index (χ0n) is 15.3. The molecule has 146 valence electrons. The topological polar surface area (TPSA) is 110 Å². The lowest BCUT2D eigenvalue weighted by Gasteiger charge is -2.08. The van der Waals surface area contributed by atoms with Gasteiger partial charge in [-0.1, -0.05) is 23.7 Å². The average Bonchev–Trinajstić information content (AvgIpc) is 3.08. The molecule has 0 amide bonds. The number of aryl methyl sites for hydroxylation is 1. The number of pyridine rings is 1. The molecule has 4 rings (SSSR count). The van der Waals surface area contributed by atoms with Crippen molar-refractivity contribution in [3.05, 3.63) is 85.8 Å². The third kappa shape index (κ3) is 3.81. The van der Waals surface area contributed by atoms with E-state index in [0.29, 0.717) is 17.5 Å². The molecule has 4 aromatic rings. The van der Waals surface area contributed by atoms with E-state index in [1.165, 1.54) is 4.57 Å². The number of benzene rings is 1. The maximum Gasteiger partial charge on any atom is 0.329 e. The molecule has 3 aromatic heterocycles. The second-order valence-corrected chi connectivity index (χ2v) is 6.73. The summed E-state index contributed by atoms with van der Waals surface area (Å²) in [6.45, 7) is 0.335. The first kappa shape index (κ1) is 18.6. The van der Waals surface area contributed by atoms with Crippen LogP contribution in [-0.2, 0) is 13.6 Å². The second kappa shape index (κ2) is 7.72. The first-order valence-electron chi connectivity index (χ1n) is 8.66. The van der Waals surface area contributed by atoms with Crippen LogP contribution in [-0.4, -0.2) is 30.3 Å². The summed E-state index contributed by atoms with van der Waals surface area (Å²) in [6.07, 6.45) is 4.93. The number of hydrogen-bond donors (Lipinski definition) is 2. The number of halogens is 1. The van der Waals surface area contributed by atoms with Gasteiger partial charge in [-0.2, -0.15) is 10.1 Å². The molecule has 1 aromatic carbocycles. The Morgan fingerprint density at radius 1 is 1.17 bits per heavy atom. The van der Waals surface area contributed by atoms with Gasteiger partial charge in [0.05, 0.1) is 12.8 Å². The molecule has 9 nitrogen and oxygen atoms in total. The minimum atomic E-state index is -0.537. The third-order valence-electron chi connectivity index (χ3n) is 4.35. The Bertz CT molecular complexity index is 1300. The van der Waals surface area contributed by atoms with E-state index in [-0.39, 0.29) is 11.2 Å². The lowest BCUT2D eigenvalue weighted by atomic mass is 10.2. The predicted molar refractivity (Wildman–Crippen MR) is 112 cm³/mol. The molecule has 0 radical (unpaired) electrons. The third-order valence-corrected chi connectivity index (χ3v) is 4.60. The van der Waals surface area contributed by atoms with Crippen LogP contribution in [0.1, 0.15) is 11.1 Å². The van der Waals surface area contributed by atoms with E-state index in [2.05, 4.69) is 25.5 Å². The maximum absolute atomic E-state index is 12.5. The monoisotopic (exact) mass is 409 g/mol. The highest BCUT2D eigenvalue weighted by Gasteiger charge is 2.17. The minimum Gasteiger partial charge on any atom is -0.298 e. The van der Waals surface area contributed by atoms with Crippen molar-refractivity contribution in [3.8, 4) is 0 Å². The van der Waals surface area contributed by atoms with Crippen LogP contribution >= 0.6 is 11.6 Å². The molecule has 3 heterocycles. The summed E-state index contributed by atoms with van der Waals surface area (Å²) in [5.74, 6) is 0.326. The number of rotatable bonds is 5. The van der Waals surface area contributed by atoms with Gasteiger partial charge in [0.2, 0.25) is 5.95 Å². The number of hydrogen-bond acceptors (Lipinski definition) is 6. The van der Waals surface area contributed by atoms with Gasteiger partial charge >= 0.3 is 5.69 Å². The summed E-state index contributed by atoms with van der Waals surface area (Å²) in [5, 5.41) is 4.81. The highest BCUT2D eigenvalue weighted by Crippen LogP contribution is 2.19. The van der Waals surface area contributed by atoms with Gasteiger partial charge in [-0.25, -0.2) is 10.2 Å². The van der Waals surface area contributed by atoms with Crippen LogP contribution in [0.4, 0.5) is 5.95 Å². The first-order chi connectivity index (χ1) is 14.0. The van der Waals surface area contributed by atoms with Crippen molar-refractivity contribution in [1.29, 1.82) is 0 Å². The summed E-state index contributed by atoms with van der Waals surface area (Å²) in [5.41, 5.74) is 4.09. The number of H-pyrrole nitrogens is 1. The molecular formula is C19H16ClN7O2. The zero-order valence-corrected chi connectivity index (χ0v) is 16.1. The smallest absolute Gasteiger partial charge is 0.298 e. The number of aromatic amines is 1. The van der Waals surface area contributed by atoms with Gasteiger partial charge in [0, 0.05) is 24.5 Å². The Balaban J connectivity index is 1.79. The number of nitrogens with zero attached hydrogens (tertiary/aromatic N) is 5. The van der Waals surface area contributed by atoms with Crippen LogP contribution in [0.3, 0.4) is 0 Å². The van der Waals surface area contributed by atoms with Crippen LogP contribution in [0.5, 0.6) is 0 Å². The number of hydrazone groups is 1. The summed E-state index contributed by atoms with van der Waals surface area (Å²) in [6, 6.07) is 10.9. The van der Waals surface area contributed by atoms with Crippen molar-refractivity contribution in [2.45, 2.75) is 6.54 Å². The van der Waals surface area contributed by atoms with E-state index in [1.807, 2.05) is 12.1 Å². The van der Waals surface area contributed by atoms with E-state index >= 15 is 0 Å². The van der Waals surface area contributed by atoms with Crippen molar-refractivity contribution >= 4 is 34.9 Å². The standard InChI is InChI=1S/C19H16ClN7O2/c1-26-16-15(17(28)24-19(26)29)27(11-13-2-4-14(20)5-3-13)18(23-16)25-22-10-12-6-8-21-9-7-12/h2-10H,11H2,1H3,(H,23,25)(H,24,28,29). The Hall–Kier alpha value is -3.72. The normalized spacial score (nSPS) is 11.4. The number of fused-ring (bicyclic) bond motifs is 1. The van der Waals surface area contributed by atoms with Crippen molar-refractivity contribution in [2.75, 3.05) is 5.43 Å². The molecule has 29 heavy (non-hydrogen) atoms. The van der Waals surface area contributed by atoms with Gasteiger partial charge in [-0.05, 0) is 35.4 Å². The van der Waals surface area contributed by atoms with Gasteiger partial charge in [0.15, 0.2) is 11.2 Å². The number of imidazole rings is 1. The Morgan fingerprint density at radius 2 is 1.90 bits per heavy atom. The molecule has 0 aliphatic carbocycles. The van der Waals surface area contributed by atoms with Crippen molar-refractivity contribution in [3.63, 3.8) is 0 Å². The number of nitrogens with one attached hydrogen (secondary N) is 2. The molecule has 0 spiro atoms. The quantitative estimate of drug-likeness (QED) is 0.387. The fraction of sp³-hybridized carbons (Fsp3) is 0.105. The van der Waals surface area contributed by atoms with Gasteiger partial charge in [0.25, 0.3) is 5.56 Å². The van der Waals surface area contributed by atoms with Crippen LogP contribution < -0.4 is 16.7 Å². The Morgan fingerprint density at radius 3 is 2.62 bits per heavy atom. The average molecular weight is 410 g/mol. The van der Waals surface area contributed by atoms with Crippen molar-refractivity contribution in [1.82, 2.24) is 24.1 Å². The zero-order chi connectivity index (χ0) is 20.4. The molecule has 0 fully saturated rings. The maximum atomic E-state index is 12.5. The van der Waals surface area contributed by atoms with Gasteiger partial charge in [-0.3, -0.25) is 23.9 Å². The molecule has 2 N–H and O–H groups in total. The Labute approximate surface area is 169 Å². The molecule has 0 saturated heterocycles. The van der Waals surface area contributed by atoms with Gasteiger partial charge in [0.1, 0.15) is 0 Å². The summed E-state index contributed by atoms with van der Waals surface area (Å²) >= 11 is 5.96. The van der Waals surface area contributed by atoms with E-state index in [9.17, 15) is 9.59 Å². The molecule has 0 bridgehead atoms. The lowest BCUT2D eigenvalue weighted by molar-refractivity contribution is 0.808. The predicted octanol–water partition coefficient (Wildman–Crippen LogP) is 1.97. The number of anilines is 1. The molecule has 0 atom stereocenters. The van der Waals surface area contributed by atoms with E-state index in [0.717, 1.165) is 11.1 Å². The molecule has 0 aliphatic rings. The summed E-state index contributed by atoms with van der Waals surface area (Å²) in [4.78, 5) is 35.1.